The fourth-order valence-electron chi connectivity index (χ4n) is 3.95. The lowest BCUT2D eigenvalue weighted by Crippen LogP contribution is -2.37. The molecule has 1 amide bonds. The number of alkyl halides is 3. The molecule has 1 atom stereocenters. The molecule has 0 N–H and O–H groups in total. The highest BCUT2D eigenvalue weighted by atomic mass is 19.4. The van der Waals surface area contributed by atoms with Crippen LogP contribution in [0.15, 0.2) is 36.5 Å². The van der Waals surface area contributed by atoms with Crippen molar-refractivity contribution >= 4 is 5.91 Å². The first kappa shape index (κ1) is 24.2. The van der Waals surface area contributed by atoms with Crippen LogP contribution in [0.25, 0.3) is 5.69 Å². The van der Waals surface area contributed by atoms with Crippen LogP contribution in [0.2, 0.25) is 0 Å². The minimum atomic E-state index is -4.65. The number of fused-ring (bicyclic) bond motifs is 1. The van der Waals surface area contributed by atoms with Gasteiger partial charge in [-0.2, -0.15) is 23.5 Å². The van der Waals surface area contributed by atoms with Crippen LogP contribution in [0, 0.1) is 29.9 Å². The lowest BCUT2D eigenvalue weighted by Gasteiger charge is -2.29. The van der Waals surface area contributed by atoms with Crippen LogP contribution in [0.3, 0.4) is 0 Å². The quantitative estimate of drug-likeness (QED) is 0.490. The molecule has 2 heterocycles. The topological polar surface area (TPSA) is 71.2 Å². The van der Waals surface area contributed by atoms with Gasteiger partial charge in [0.15, 0.2) is 11.9 Å². The van der Waals surface area contributed by atoms with Crippen LogP contribution in [-0.4, -0.2) is 39.4 Å². The SMILES string of the molecule is Cc1c(C#N)ccc(OC(C)C(F)(F)F)c1C(=O)N1CCc2c(cnn2-c2ccc(F)cc2F)C1. The fraction of sp³-hybridized carbons (Fsp3) is 0.292. The number of nitrogens with zero attached hydrogens (tertiary/aromatic N) is 4. The molecule has 0 aliphatic carbocycles. The molecule has 0 radical (unpaired) electrons. The highest BCUT2D eigenvalue weighted by Gasteiger charge is 2.39. The summed E-state index contributed by atoms with van der Waals surface area (Å²) >= 11 is 0. The summed E-state index contributed by atoms with van der Waals surface area (Å²) in [4.78, 5) is 14.9. The Kier molecular flexibility index (Phi) is 6.23. The van der Waals surface area contributed by atoms with Crippen molar-refractivity contribution in [2.24, 2.45) is 0 Å². The normalized spacial score (nSPS) is 14.3. The fourth-order valence-corrected chi connectivity index (χ4v) is 3.95. The van der Waals surface area contributed by atoms with E-state index in [1.165, 1.54) is 40.9 Å². The van der Waals surface area contributed by atoms with Crippen molar-refractivity contribution in [3.8, 4) is 17.5 Å². The Labute approximate surface area is 197 Å². The number of nitriles is 1. The molecule has 0 fully saturated rings. The number of amides is 1. The standard InChI is InChI=1S/C24H19F5N4O2/c1-13-15(10-30)3-6-21(35-14(2)24(27,28)29)22(13)23(34)32-8-7-19-16(12-32)11-31-33(19)20-5-4-17(25)9-18(20)26/h3-6,9,11,14H,7-8,12H2,1-2H3. The molecule has 0 saturated carbocycles. The lowest BCUT2D eigenvalue weighted by molar-refractivity contribution is -0.189. The maximum absolute atomic E-state index is 14.3. The van der Waals surface area contributed by atoms with Crippen LogP contribution in [0.1, 0.15) is 39.7 Å². The number of benzene rings is 2. The third kappa shape index (κ3) is 4.56. The van der Waals surface area contributed by atoms with E-state index in [1.54, 1.807) is 0 Å². The van der Waals surface area contributed by atoms with Crippen molar-refractivity contribution in [1.29, 1.82) is 5.26 Å². The van der Waals surface area contributed by atoms with E-state index in [4.69, 9.17) is 4.74 Å². The molecule has 3 aromatic rings. The molecule has 6 nitrogen and oxygen atoms in total. The Morgan fingerprint density at radius 3 is 2.63 bits per heavy atom. The molecule has 1 aliphatic rings. The molecule has 1 aromatic heterocycles. The number of rotatable bonds is 4. The molecule has 182 valence electrons. The Bertz CT molecular complexity index is 1340. The molecule has 2 aromatic carbocycles. The van der Waals surface area contributed by atoms with Crippen molar-refractivity contribution < 1.29 is 31.5 Å². The Morgan fingerprint density at radius 2 is 1.97 bits per heavy atom. The number of hydrogen-bond donors (Lipinski definition) is 0. The van der Waals surface area contributed by atoms with Gasteiger partial charge >= 0.3 is 6.18 Å². The van der Waals surface area contributed by atoms with E-state index in [2.05, 4.69) is 5.10 Å². The largest absolute Gasteiger partial charge is 0.480 e. The van der Waals surface area contributed by atoms with E-state index < -0.39 is 29.8 Å². The van der Waals surface area contributed by atoms with E-state index in [-0.39, 0.29) is 47.6 Å². The maximum atomic E-state index is 14.3. The average Bonchev–Trinajstić information content (AvgIpc) is 3.21. The monoisotopic (exact) mass is 490 g/mol. The van der Waals surface area contributed by atoms with Crippen LogP contribution in [0.5, 0.6) is 5.75 Å². The minimum absolute atomic E-state index is 0.0570. The van der Waals surface area contributed by atoms with Crippen LogP contribution in [0.4, 0.5) is 22.0 Å². The van der Waals surface area contributed by atoms with Crippen LogP contribution >= 0.6 is 0 Å². The van der Waals surface area contributed by atoms with E-state index in [0.717, 1.165) is 19.1 Å². The summed E-state index contributed by atoms with van der Waals surface area (Å²) in [6.45, 7) is 2.52. The van der Waals surface area contributed by atoms with Crippen molar-refractivity contribution in [2.75, 3.05) is 6.54 Å². The second kappa shape index (κ2) is 9.02. The number of aromatic nitrogens is 2. The van der Waals surface area contributed by atoms with Crippen LogP contribution < -0.4 is 4.74 Å². The molecule has 1 aliphatic heterocycles. The Balaban J connectivity index is 1.66. The van der Waals surface area contributed by atoms with Gasteiger partial charge < -0.3 is 9.64 Å². The van der Waals surface area contributed by atoms with E-state index in [9.17, 15) is 32.0 Å². The summed E-state index contributed by atoms with van der Waals surface area (Å²) in [5.41, 5.74) is 1.51. The van der Waals surface area contributed by atoms with Gasteiger partial charge in [-0.05, 0) is 43.7 Å². The van der Waals surface area contributed by atoms with Crippen molar-refractivity contribution in [3.63, 3.8) is 0 Å². The van der Waals surface area contributed by atoms with Gasteiger partial charge in [0.25, 0.3) is 5.91 Å². The highest BCUT2D eigenvalue weighted by molar-refractivity contribution is 5.99. The second-order valence-corrected chi connectivity index (χ2v) is 8.13. The summed E-state index contributed by atoms with van der Waals surface area (Å²) in [5, 5.41) is 13.5. The third-order valence-electron chi connectivity index (χ3n) is 5.89. The first-order chi connectivity index (χ1) is 16.5. The van der Waals surface area contributed by atoms with Gasteiger partial charge in [-0.15, -0.1) is 0 Å². The summed E-state index contributed by atoms with van der Waals surface area (Å²) in [6.07, 6.45) is -5.09. The molecular weight excluding hydrogens is 471 g/mol. The van der Waals surface area contributed by atoms with E-state index >= 15 is 0 Å². The zero-order valence-electron chi connectivity index (χ0n) is 18.7. The van der Waals surface area contributed by atoms with Gasteiger partial charge in [0.2, 0.25) is 0 Å². The van der Waals surface area contributed by atoms with Gasteiger partial charge in [-0.25, -0.2) is 13.5 Å². The smallest absolute Gasteiger partial charge is 0.425 e. The zero-order valence-corrected chi connectivity index (χ0v) is 18.7. The molecule has 0 spiro atoms. The summed E-state index contributed by atoms with van der Waals surface area (Å²) in [6, 6.07) is 7.54. The number of ether oxygens (including phenoxy) is 1. The molecule has 11 heteroatoms. The van der Waals surface area contributed by atoms with Crippen molar-refractivity contribution in [1.82, 2.24) is 14.7 Å². The number of hydrogen-bond acceptors (Lipinski definition) is 4. The van der Waals surface area contributed by atoms with Crippen molar-refractivity contribution in [2.45, 2.75) is 39.1 Å². The molecule has 0 saturated heterocycles. The lowest BCUT2D eigenvalue weighted by atomic mass is 9.99. The maximum Gasteiger partial charge on any atom is 0.425 e. The number of carbonyl (C=O) groups is 1. The van der Waals surface area contributed by atoms with Gasteiger partial charge in [-0.1, -0.05) is 0 Å². The minimum Gasteiger partial charge on any atom is -0.480 e. The first-order valence-electron chi connectivity index (χ1n) is 10.6. The van der Waals surface area contributed by atoms with E-state index in [1.807, 2.05) is 6.07 Å². The van der Waals surface area contributed by atoms with E-state index in [0.29, 0.717) is 11.3 Å². The zero-order chi connectivity index (χ0) is 25.5. The molecule has 0 bridgehead atoms. The van der Waals surface area contributed by atoms with Crippen LogP contribution in [-0.2, 0) is 13.0 Å². The van der Waals surface area contributed by atoms with Gasteiger partial charge in [0.1, 0.15) is 17.3 Å². The Hall–Kier alpha value is -3.94. The summed E-state index contributed by atoms with van der Waals surface area (Å²) in [7, 11) is 0. The predicted octanol–water partition coefficient (Wildman–Crippen LogP) is 4.86. The Morgan fingerprint density at radius 1 is 1.23 bits per heavy atom. The van der Waals surface area contributed by atoms with Crippen molar-refractivity contribution in [3.05, 3.63) is 76.1 Å². The summed E-state index contributed by atoms with van der Waals surface area (Å²) < 4.78 is 73.3. The molecule has 35 heavy (non-hydrogen) atoms. The second-order valence-electron chi connectivity index (χ2n) is 8.13. The third-order valence-corrected chi connectivity index (χ3v) is 5.89. The molecule has 4 rings (SSSR count). The molecular formula is C24H19F5N4O2. The average molecular weight is 490 g/mol. The highest BCUT2D eigenvalue weighted by Crippen LogP contribution is 2.33. The predicted molar refractivity (Wildman–Crippen MR) is 114 cm³/mol. The number of carbonyl (C=O) groups excluding carboxylic acids is 1. The summed E-state index contributed by atoms with van der Waals surface area (Å²) in [5.74, 6) is -2.39. The van der Waals surface area contributed by atoms with Gasteiger partial charge in [-0.3, -0.25) is 4.79 Å². The van der Waals surface area contributed by atoms with Gasteiger partial charge in [0.05, 0.1) is 29.1 Å². The number of halogens is 5. The van der Waals surface area contributed by atoms with Gasteiger partial charge in [0, 0.05) is 31.1 Å². The molecule has 1 unspecified atom stereocenters. The first-order valence-corrected chi connectivity index (χ1v) is 10.6.